The van der Waals surface area contributed by atoms with Crippen LogP contribution in [-0.4, -0.2) is 29.4 Å². The fourth-order valence-corrected chi connectivity index (χ4v) is 2.77. The Morgan fingerprint density at radius 1 is 1.65 bits per heavy atom. The molecule has 0 saturated carbocycles. The second-order valence-corrected chi connectivity index (χ2v) is 5.48. The average molecular weight is 267 g/mol. The predicted molar refractivity (Wildman–Crippen MR) is 74.7 cm³/mol. The van der Waals surface area contributed by atoms with Crippen molar-refractivity contribution in [3.8, 4) is 0 Å². The van der Waals surface area contributed by atoms with Crippen LogP contribution in [0, 0.1) is 0 Å². The first kappa shape index (κ1) is 12.2. The first-order valence-corrected chi connectivity index (χ1v) is 7.35. The van der Waals surface area contributed by atoms with E-state index in [0.717, 1.165) is 10.5 Å². The summed E-state index contributed by atoms with van der Waals surface area (Å²) in [5.74, 6) is 0.786. The van der Waals surface area contributed by atoms with Crippen molar-refractivity contribution in [2.45, 2.75) is 0 Å². The topological polar surface area (TPSA) is 68.0 Å². The normalized spacial score (nSPS) is 10.6. The maximum Gasteiger partial charge on any atom is 0.263 e. The van der Waals surface area contributed by atoms with E-state index in [-0.39, 0.29) is 5.91 Å². The van der Waals surface area contributed by atoms with Crippen LogP contribution in [0.5, 0.6) is 0 Å². The lowest BCUT2D eigenvalue weighted by Crippen LogP contribution is -2.25. The summed E-state index contributed by atoms with van der Waals surface area (Å²) in [4.78, 5) is 16.6. The Labute approximate surface area is 108 Å². The van der Waals surface area contributed by atoms with Crippen molar-refractivity contribution in [2.24, 2.45) is 0 Å². The number of aromatic nitrogens is 1. The van der Waals surface area contributed by atoms with Gasteiger partial charge < -0.3 is 11.1 Å². The van der Waals surface area contributed by atoms with Gasteiger partial charge in [0.1, 0.15) is 10.4 Å². The molecule has 0 fully saturated rings. The van der Waals surface area contributed by atoms with Crippen molar-refractivity contribution in [3.63, 3.8) is 0 Å². The lowest BCUT2D eigenvalue weighted by atomic mass is 10.3. The van der Waals surface area contributed by atoms with Gasteiger partial charge >= 0.3 is 0 Å². The molecule has 0 atom stereocenters. The molecule has 0 bridgehead atoms. The molecule has 17 heavy (non-hydrogen) atoms. The van der Waals surface area contributed by atoms with Gasteiger partial charge in [-0.05, 0) is 18.4 Å². The number of nitrogens with one attached hydrogen (secondary N) is 1. The van der Waals surface area contributed by atoms with Crippen LogP contribution in [0.4, 0.5) is 5.69 Å². The highest BCUT2D eigenvalue weighted by Gasteiger charge is 2.16. The van der Waals surface area contributed by atoms with E-state index >= 15 is 0 Å². The van der Waals surface area contributed by atoms with E-state index in [4.69, 9.17) is 5.73 Å². The Hall–Kier alpha value is -1.27. The van der Waals surface area contributed by atoms with Crippen LogP contribution >= 0.6 is 23.1 Å². The van der Waals surface area contributed by atoms with Crippen LogP contribution in [0.3, 0.4) is 0 Å². The van der Waals surface area contributed by atoms with E-state index in [1.807, 2.05) is 18.4 Å². The first-order valence-electron chi connectivity index (χ1n) is 5.14. The number of anilines is 1. The van der Waals surface area contributed by atoms with Gasteiger partial charge in [-0.1, -0.05) is 0 Å². The standard InChI is InChI=1S/C11H13N3OS2/c1-16-6-5-14-11(15)10-8(12)9-7(17-10)3-2-4-13-9/h2-4H,5-6,12H2,1H3,(H,14,15). The van der Waals surface area contributed by atoms with Crippen molar-refractivity contribution >= 4 is 44.9 Å². The van der Waals surface area contributed by atoms with E-state index in [9.17, 15) is 4.79 Å². The Balaban J connectivity index is 2.23. The minimum atomic E-state index is -0.112. The molecule has 0 saturated heterocycles. The average Bonchev–Trinajstić information content (AvgIpc) is 2.68. The molecular formula is C11H13N3OS2. The van der Waals surface area contributed by atoms with Gasteiger partial charge in [0.15, 0.2) is 0 Å². The molecule has 90 valence electrons. The number of nitrogens with two attached hydrogens (primary N) is 1. The zero-order chi connectivity index (χ0) is 12.3. The summed E-state index contributed by atoms with van der Waals surface area (Å²) >= 11 is 3.08. The molecule has 2 aromatic rings. The largest absolute Gasteiger partial charge is 0.396 e. The summed E-state index contributed by atoms with van der Waals surface area (Å²) in [5, 5.41) is 2.84. The summed E-state index contributed by atoms with van der Waals surface area (Å²) < 4.78 is 0.944. The third-order valence-electron chi connectivity index (χ3n) is 2.28. The number of carbonyl (C=O) groups is 1. The van der Waals surface area contributed by atoms with Gasteiger partial charge in [0.25, 0.3) is 5.91 Å². The molecule has 0 radical (unpaired) electrons. The van der Waals surface area contributed by atoms with Crippen LogP contribution in [0.2, 0.25) is 0 Å². The van der Waals surface area contributed by atoms with E-state index in [1.165, 1.54) is 11.3 Å². The predicted octanol–water partition coefficient (Wildman–Crippen LogP) is 1.97. The second-order valence-electron chi connectivity index (χ2n) is 3.44. The fraction of sp³-hybridized carbons (Fsp3) is 0.273. The molecule has 0 aliphatic carbocycles. The maximum atomic E-state index is 11.9. The maximum absolute atomic E-state index is 11.9. The Morgan fingerprint density at radius 2 is 2.47 bits per heavy atom. The Kier molecular flexibility index (Phi) is 3.86. The van der Waals surface area contributed by atoms with Gasteiger partial charge in [0.05, 0.1) is 10.4 Å². The molecule has 4 nitrogen and oxygen atoms in total. The van der Waals surface area contributed by atoms with Crippen molar-refractivity contribution in [2.75, 3.05) is 24.3 Å². The number of hydrogen-bond acceptors (Lipinski definition) is 5. The van der Waals surface area contributed by atoms with Crippen molar-refractivity contribution in [1.29, 1.82) is 0 Å². The number of nitrogen functional groups attached to an aromatic ring is 1. The number of carbonyl (C=O) groups excluding carboxylic acids is 1. The number of fused-ring (bicyclic) bond motifs is 1. The van der Waals surface area contributed by atoms with Crippen LogP contribution < -0.4 is 11.1 Å². The summed E-state index contributed by atoms with van der Waals surface area (Å²) in [5.41, 5.74) is 7.12. The Bertz CT molecular complexity index is 538. The molecule has 1 amide bonds. The molecule has 3 N–H and O–H groups in total. The lowest BCUT2D eigenvalue weighted by molar-refractivity contribution is 0.0961. The molecular weight excluding hydrogens is 254 g/mol. The van der Waals surface area contributed by atoms with Crippen molar-refractivity contribution in [3.05, 3.63) is 23.2 Å². The fourth-order valence-electron chi connectivity index (χ4n) is 1.46. The molecule has 0 spiro atoms. The summed E-state index contributed by atoms with van der Waals surface area (Å²) in [6.07, 6.45) is 3.69. The minimum absolute atomic E-state index is 0.112. The summed E-state index contributed by atoms with van der Waals surface area (Å²) in [6.45, 7) is 0.654. The Morgan fingerprint density at radius 3 is 3.18 bits per heavy atom. The molecule has 2 heterocycles. The van der Waals surface area contributed by atoms with Gasteiger partial charge in [0.2, 0.25) is 0 Å². The molecule has 6 heteroatoms. The van der Waals surface area contributed by atoms with Gasteiger partial charge in [-0.25, -0.2) is 0 Å². The lowest BCUT2D eigenvalue weighted by Gasteiger charge is -2.02. The highest BCUT2D eigenvalue weighted by atomic mass is 32.2. The molecule has 2 rings (SSSR count). The van der Waals surface area contributed by atoms with E-state index in [0.29, 0.717) is 22.6 Å². The second kappa shape index (κ2) is 5.37. The number of nitrogens with zero attached hydrogens (tertiary/aromatic N) is 1. The monoisotopic (exact) mass is 267 g/mol. The molecule has 0 unspecified atom stereocenters. The number of amides is 1. The number of rotatable bonds is 4. The van der Waals surface area contributed by atoms with E-state index in [2.05, 4.69) is 10.3 Å². The number of thioether (sulfide) groups is 1. The third-order valence-corrected chi connectivity index (χ3v) is 4.05. The quantitative estimate of drug-likeness (QED) is 0.831. The van der Waals surface area contributed by atoms with Gasteiger partial charge in [0, 0.05) is 18.5 Å². The van der Waals surface area contributed by atoms with Gasteiger partial charge in [-0.3, -0.25) is 9.78 Å². The smallest absolute Gasteiger partial charge is 0.263 e. The highest BCUT2D eigenvalue weighted by molar-refractivity contribution is 7.98. The molecule has 0 aliphatic rings. The summed E-state index contributed by atoms with van der Waals surface area (Å²) in [7, 11) is 0. The molecule has 0 aromatic carbocycles. The number of thiophene rings is 1. The zero-order valence-corrected chi connectivity index (χ0v) is 11.0. The van der Waals surface area contributed by atoms with Crippen molar-refractivity contribution < 1.29 is 4.79 Å². The number of hydrogen-bond donors (Lipinski definition) is 2. The highest BCUT2D eigenvalue weighted by Crippen LogP contribution is 2.31. The first-order chi connectivity index (χ1) is 8.24. The van der Waals surface area contributed by atoms with Crippen molar-refractivity contribution in [1.82, 2.24) is 10.3 Å². The number of pyridine rings is 1. The minimum Gasteiger partial charge on any atom is -0.396 e. The van der Waals surface area contributed by atoms with Crippen LogP contribution in [0.1, 0.15) is 9.67 Å². The van der Waals surface area contributed by atoms with Crippen LogP contribution in [0.25, 0.3) is 10.2 Å². The summed E-state index contributed by atoms with van der Waals surface area (Å²) in [6, 6.07) is 3.76. The van der Waals surface area contributed by atoms with Crippen LogP contribution in [0.15, 0.2) is 18.3 Å². The third kappa shape index (κ3) is 2.53. The van der Waals surface area contributed by atoms with E-state index < -0.39 is 0 Å². The van der Waals surface area contributed by atoms with Gasteiger partial charge in [-0.15, -0.1) is 11.3 Å². The van der Waals surface area contributed by atoms with Gasteiger partial charge in [-0.2, -0.15) is 11.8 Å². The zero-order valence-electron chi connectivity index (χ0n) is 9.40. The molecule has 2 aromatic heterocycles. The molecule has 0 aliphatic heterocycles. The van der Waals surface area contributed by atoms with Crippen LogP contribution in [-0.2, 0) is 0 Å². The van der Waals surface area contributed by atoms with E-state index in [1.54, 1.807) is 18.0 Å². The SMILES string of the molecule is CSCCNC(=O)c1sc2cccnc2c1N.